The number of carbonyl (C=O) groups is 1. The van der Waals surface area contributed by atoms with Crippen LogP contribution in [0.3, 0.4) is 0 Å². The number of hydrogen-bond acceptors (Lipinski definition) is 2. The summed E-state index contributed by atoms with van der Waals surface area (Å²) in [5.41, 5.74) is -0.930. The molecule has 1 atom stereocenters. The smallest absolute Gasteiger partial charge is 0.197 e. The molecule has 17 heavy (non-hydrogen) atoms. The van der Waals surface area contributed by atoms with Crippen molar-refractivity contribution >= 4 is 33.3 Å². The molecule has 0 N–H and O–H groups in total. The SMILES string of the molecule is CC1(C(=O)c2cc(Cl)c(Br)cc2F)CCCO1. The van der Waals surface area contributed by atoms with Crippen molar-refractivity contribution in [3.63, 3.8) is 0 Å². The molecule has 92 valence electrons. The van der Waals surface area contributed by atoms with Crippen molar-refractivity contribution in [3.05, 3.63) is 33.0 Å². The molecule has 1 aliphatic rings. The van der Waals surface area contributed by atoms with Gasteiger partial charge in [-0.3, -0.25) is 4.79 Å². The van der Waals surface area contributed by atoms with Gasteiger partial charge in [0.25, 0.3) is 0 Å². The largest absolute Gasteiger partial charge is 0.367 e. The summed E-state index contributed by atoms with van der Waals surface area (Å²) in [5.74, 6) is -0.926. The van der Waals surface area contributed by atoms with Crippen LogP contribution in [0.5, 0.6) is 0 Å². The Hall–Kier alpha value is -0.450. The van der Waals surface area contributed by atoms with E-state index in [1.807, 2.05) is 0 Å². The first kappa shape index (κ1) is 13.0. The van der Waals surface area contributed by atoms with Gasteiger partial charge in [0.05, 0.1) is 10.6 Å². The van der Waals surface area contributed by atoms with Crippen LogP contribution in [0.15, 0.2) is 16.6 Å². The van der Waals surface area contributed by atoms with Crippen molar-refractivity contribution in [3.8, 4) is 0 Å². The zero-order valence-electron chi connectivity index (χ0n) is 9.23. The highest BCUT2D eigenvalue weighted by Crippen LogP contribution is 2.32. The molecule has 2 nitrogen and oxygen atoms in total. The third-order valence-electron chi connectivity index (χ3n) is 2.95. The van der Waals surface area contributed by atoms with Crippen molar-refractivity contribution in [2.45, 2.75) is 25.4 Å². The first-order valence-electron chi connectivity index (χ1n) is 5.27. The van der Waals surface area contributed by atoms with E-state index < -0.39 is 11.4 Å². The van der Waals surface area contributed by atoms with E-state index in [4.69, 9.17) is 16.3 Å². The Kier molecular flexibility index (Phi) is 3.57. The molecule has 2 rings (SSSR count). The van der Waals surface area contributed by atoms with Crippen LogP contribution in [0.2, 0.25) is 5.02 Å². The lowest BCUT2D eigenvalue weighted by molar-refractivity contribution is 0.0210. The fourth-order valence-corrected chi connectivity index (χ4v) is 2.42. The second-order valence-electron chi connectivity index (χ2n) is 4.26. The molecule has 0 aliphatic carbocycles. The Bertz CT molecular complexity index is 470. The lowest BCUT2D eigenvalue weighted by Crippen LogP contribution is -2.34. The third kappa shape index (κ3) is 2.39. The number of rotatable bonds is 2. The molecule has 1 aromatic carbocycles. The lowest BCUT2D eigenvalue weighted by atomic mass is 9.92. The van der Waals surface area contributed by atoms with Crippen molar-refractivity contribution in [1.82, 2.24) is 0 Å². The number of benzene rings is 1. The molecule has 5 heteroatoms. The molecule has 0 radical (unpaired) electrons. The van der Waals surface area contributed by atoms with Crippen LogP contribution >= 0.6 is 27.5 Å². The van der Waals surface area contributed by atoms with Gasteiger partial charge < -0.3 is 4.74 Å². The van der Waals surface area contributed by atoms with Crippen LogP contribution in [0.25, 0.3) is 0 Å². The molecule has 0 spiro atoms. The number of carbonyl (C=O) groups excluding carboxylic acids is 1. The second-order valence-corrected chi connectivity index (χ2v) is 5.52. The molecule has 1 aliphatic heterocycles. The van der Waals surface area contributed by atoms with Crippen molar-refractivity contribution < 1.29 is 13.9 Å². The molecule has 1 fully saturated rings. The average Bonchev–Trinajstić information content (AvgIpc) is 2.71. The maximum atomic E-state index is 13.7. The van der Waals surface area contributed by atoms with Crippen LogP contribution < -0.4 is 0 Å². The Morgan fingerprint density at radius 2 is 2.29 bits per heavy atom. The van der Waals surface area contributed by atoms with E-state index in [9.17, 15) is 9.18 Å². The maximum absolute atomic E-state index is 13.7. The van der Waals surface area contributed by atoms with E-state index in [2.05, 4.69) is 15.9 Å². The third-order valence-corrected chi connectivity index (χ3v) is 4.15. The van der Waals surface area contributed by atoms with Gasteiger partial charge in [0.1, 0.15) is 11.4 Å². The van der Waals surface area contributed by atoms with Gasteiger partial charge in [0.15, 0.2) is 5.78 Å². The zero-order valence-corrected chi connectivity index (χ0v) is 11.6. The molecule has 1 saturated heterocycles. The molecule has 1 aromatic rings. The van der Waals surface area contributed by atoms with E-state index >= 15 is 0 Å². The fourth-order valence-electron chi connectivity index (χ4n) is 1.94. The summed E-state index contributed by atoms with van der Waals surface area (Å²) in [4.78, 5) is 12.2. The molecular formula is C12H11BrClFO2. The van der Waals surface area contributed by atoms with Gasteiger partial charge >= 0.3 is 0 Å². The minimum atomic E-state index is -0.919. The molecule has 1 heterocycles. The van der Waals surface area contributed by atoms with Crippen LogP contribution in [0.4, 0.5) is 4.39 Å². The Morgan fingerprint density at radius 3 is 2.88 bits per heavy atom. The Balaban J connectivity index is 2.40. The Morgan fingerprint density at radius 1 is 1.59 bits per heavy atom. The van der Waals surface area contributed by atoms with Crippen molar-refractivity contribution in [2.75, 3.05) is 6.61 Å². The topological polar surface area (TPSA) is 26.3 Å². The van der Waals surface area contributed by atoms with Crippen molar-refractivity contribution in [1.29, 1.82) is 0 Å². The number of hydrogen-bond donors (Lipinski definition) is 0. The van der Waals surface area contributed by atoms with Gasteiger partial charge in [0.2, 0.25) is 0 Å². The summed E-state index contributed by atoms with van der Waals surface area (Å²) in [5, 5.41) is 0.316. The van der Waals surface area contributed by atoms with Crippen molar-refractivity contribution in [2.24, 2.45) is 0 Å². The monoisotopic (exact) mass is 320 g/mol. The molecule has 1 unspecified atom stereocenters. The van der Waals surface area contributed by atoms with Gasteiger partial charge in [-0.1, -0.05) is 11.6 Å². The van der Waals surface area contributed by atoms with E-state index in [-0.39, 0.29) is 11.3 Å². The first-order chi connectivity index (χ1) is 7.94. The lowest BCUT2D eigenvalue weighted by Gasteiger charge is -2.21. The van der Waals surface area contributed by atoms with Gasteiger partial charge in [-0.15, -0.1) is 0 Å². The minimum absolute atomic E-state index is 0.0115. The van der Waals surface area contributed by atoms with Gasteiger partial charge in [0, 0.05) is 11.1 Å². The predicted molar refractivity (Wildman–Crippen MR) is 67.0 cm³/mol. The molecule has 0 amide bonds. The van der Waals surface area contributed by atoms with E-state index in [1.54, 1.807) is 6.92 Å². The molecule has 0 bridgehead atoms. The summed E-state index contributed by atoms with van der Waals surface area (Å²) < 4.78 is 19.6. The van der Waals surface area contributed by atoms with Crippen LogP contribution in [-0.4, -0.2) is 18.0 Å². The van der Waals surface area contributed by atoms with E-state index in [1.165, 1.54) is 12.1 Å². The van der Waals surface area contributed by atoms with E-state index in [0.717, 1.165) is 6.42 Å². The van der Waals surface area contributed by atoms with E-state index in [0.29, 0.717) is 22.5 Å². The fraction of sp³-hybridized carbons (Fsp3) is 0.417. The van der Waals surface area contributed by atoms with Crippen LogP contribution in [0.1, 0.15) is 30.1 Å². The van der Waals surface area contributed by atoms with Crippen LogP contribution in [-0.2, 0) is 4.74 Å². The highest BCUT2D eigenvalue weighted by atomic mass is 79.9. The quantitative estimate of drug-likeness (QED) is 0.608. The summed E-state index contributed by atoms with van der Waals surface area (Å²) >= 11 is 8.99. The zero-order chi connectivity index (χ0) is 12.6. The number of ether oxygens (including phenoxy) is 1. The number of halogens is 3. The molecule has 0 aromatic heterocycles. The molecule has 0 saturated carbocycles. The van der Waals surface area contributed by atoms with Crippen LogP contribution in [0, 0.1) is 5.82 Å². The Labute approximate surface area is 112 Å². The normalized spacial score (nSPS) is 24.0. The first-order valence-corrected chi connectivity index (χ1v) is 6.44. The summed E-state index contributed by atoms with van der Waals surface area (Å²) in [7, 11) is 0. The maximum Gasteiger partial charge on any atom is 0.197 e. The predicted octanol–water partition coefficient (Wildman–Crippen LogP) is 3.99. The second kappa shape index (κ2) is 4.67. The number of Topliss-reactive ketones (excluding diaryl/α,β-unsaturated/α-hetero) is 1. The summed E-state index contributed by atoms with van der Waals surface area (Å²) in [6, 6.07) is 2.55. The minimum Gasteiger partial charge on any atom is -0.367 e. The van der Waals surface area contributed by atoms with Gasteiger partial charge in [-0.25, -0.2) is 4.39 Å². The highest BCUT2D eigenvalue weighted by Gasteiger charge is 2.39. The summed E-state index contributed by atoms with van der Waals surface area (Å²) in [6.07, 6.45) is 1.42. The standard InChI is InChI=1S/C12H11BrClFO2/c1-12(3-2-4-17-12)11(16)7-5-9(14)8(13)6-10(7)15/h5-6H,2-4H2,1H3. The highest BCUT2D eigenvalue weighted by molar-refractivity contribution is 9.10. The summed E-state index contributed by atoms with van der Waals surface area (Å²) in [6.45, 7) is 2.23. The van der Waals surface area contributed by atoms with Gasteiger partial charge in [-0.2, -0.15) is 0 Å². The average molecular weight is 322 g/mol. The molecular weight excluding hydrogens is 310 g/mol. The van der Waals surface area contributed by atoms with Gasteiger partial charge in [-0.05, 0) is 47.8 Å². The number of ketones is 1.